The Labute approximate surface area is 175 Å². The lowest BCUT2D eigenvalue weighted by Gasteiger charge is -2.11. The van der Waals surface area contributed by atoms with Gasteiger partial charge in [0.05, 0.1) is 19.4 Å². The predicted octanol–water partition coefficient (Wildman–Crippen LogP) is 2.13. The third-order valence-corrected chi connectivity index (χ3v) is 4.51. The smallest absolute Gasteiger partial charge is 0.271 e. The molecule has 0 saturated carbocycles. The van der Waals surface area contributed by atoms with E-state index in [0.717, 1.165) is 25.0 Å². The Balaban J connectivity index is 1.41. The first kappa shape index (κ1) is 21.3. The Morgan fingerprint density at radius 2 is 2.03 bits per heavy atom. The minimum atomic E-state index is -0.334. The van der Waals surface area contributed by atoms with Crippen molar-refractivity contribution in [2.45, 2.75) is 18.9 Å². The Morgan fingerprint density at radius 1 is 1.20 bits per heavy atom. The second kappa shape index (κ2) is 11.0. The maximum Gasteiger partial charge on any atom is 0.271 e. The SMILES string of the molecule is COc1cccc(C(=O)N/N=C\c2ccc(OCC(=O)NC[C@H]3CCCO3)cc2)c1. The van der Waals surface area contributed by atoms with Crippen LogP contribution in [0.2, 0.25) is 0 Å². The average molecular weight is 411 g/mol. The molecule has 0 unspecified atom stereocenters. The highest BCUT2D eigenvalue weighted by atomic mass is 16.5. The molecule has 8 heteroatoms. The fourth-order valence-electron chi connectivity index (χ4n) is 2.88. The van der Waals surface area contributed by atoms with Crippen molar-refractivity contribution < 1.29 is 23.8 Å². The van der Waals surface area contributed by atoms with E-state index in [9.17, 15) is 9.59 Å². The summed E-state index contributed by atoms with van der Waals surface area (Å²) in [6.45, 7) is 1.22. The van der Waals surface area contributed by atoms with Crippen LogP contribution in [0.1, 0.15) is 28.8 Å². The summed E-state index contributed by atoms with van der Waals surface area (Å²) in [6, 6.07) is 13.8. The Kier molecular flexibility index (Phi) is 7.79. The monoisotopic (exact) mass is 411 g/mol. The van der Waals surface area contributed by atoms with Crippen molar-refractivity contribution in [1.29, 1.82) is 0 Å². The van der Waals surface area contributed by atoms with Crippen molar-refractivity contribution in [2.24, 2.45) is 5.10 Å². The van der Waals surface area contributed by atoms with Crippen LogP contribution in [-0.2, 0) is 9.53 Å². The molecular weight excluding hydrogens is 386 g/mol. The van der Waals surface area contributed by atoms with Gasteiger partial charge < -0.3 is 19.5 Å². The molecule has 30 heavy (non-hydrogen) atoms. The molecule has 2 N–H and O–H groups in total. The molecule has 2 aromatic rings. The zero-order chi connectivity index (χ0) is 21.2. The minimum Gasteiger partial charge on any atom is -0.497 e. The fourth-order valence-corrected chi connectivity index (χ4v) is 2.88. The molecule has 1 saturated heterocycles. The number of hydrogen-bond acceptors (Lipinski definition) is 6. The van der Waals surface area contributed by atoms with Crippen molar-refractivity contribution in [1.82, 2.24) is 10.7 Å². The Morgan fingerprint density at radius 3 is 2.77 bits per heavy atom. The van der Waals surface area contributed by atoms with E-state index in [4.69, 9.17) is 14.2 Å². The lowest BCUT2D eigenvalue weighted by atomic mass is 10.2. The largest absolute Gasteiger partial charge is 0.497 e. The molecule has 1 aliphatic heterocycles. The molecule has 0 spiro atoms. The molecule has 0 radical (unpaired) electrons. The van der Waals surface area contributed by atoms with E-state index in [1.54, 1.807) is 55.6 Å². The van der Waals surface area contributed by atoms with Crippen LogP contribution >= 0.6 is 0 Å². The molecule has 0 aromatic heterocycles. The average Bonchev–Trinajstić information content (AvgIpc) is 3.31. The molecule has 1 atom stereocenters. The van der Waals surface area contributed by atoms with Crippen LogP contribution in [0.3, 0.4) is 0 Å². The number of hydrogen-bond donors (Lipinski definition) is 2. The topological polar surface area (TPSA) is 98.3 Å². The number of amides is 2. The summed E-state index contributed by atoms with van der Waals surface area (Å²) in [7, 11) is 1.54. The summed E-state index contributed by atoms with van der Waals surface area (Å²) in [4.78, 5) is 23.9. The zero-order valence-corrected chi connectivity index (χ0v) is 16.8. The third kappa shape index (κ3) is 6.59. The van der Waals surface area contributed by atoms with Crippen molar-refractivity contribution in [2.75, 3.05) is 26.9 Å². The number of hydrazone groups is 1. The highest BCUT2D eigenvalue weighted by Gasteiger charge is 2.16. The van der Waals surface area contributed by atoms with Crippen LogP contribution in [0, 0.1) is 0 Å². The van der Waals surface area contributed by atoms with Gasteiger partial charge in [-0.25, -0.2) is 5.43 Å². The number of benzene rings is 2. The number of carbonyl (C=O) groups excluding carboxylic acids is 2. The molecule has 1 heterocycles. The van der Waals surface area contributed by atoms with E-state index < -0.39 is 0 Å². The van der Waals surface area contributed by atoms with E-state index in [-0.39, 0.29) is 24.5 Å². The predicted molar refractivity (Wildman–Crippen MR) is 112 cm³/mol. The van der Waals surface area contributed by atoms with Gasteiger partial charge in [0.2, 0.25) is 0 Å². The first-order valence-corrected chi connectivity index (χ1v) is 9.72. The van der Waals surface area contributed by atoms with E-state index in [0.29, 0.717) is 23.6 Å². The highest BCUT2D eigenvalue weighted by molar-refractivity contribution is 5.95. The minimum absolute atomic E-state index is 0.0588. The van der Waals surface area contributed by atoms with Crippen LogP contribution in [0.15, 0.2) is 53.6 Å². The number of rotatable bonds is 9. The second-order valence-electron chi connectivity index (χ2n) is 6.73. The second-order valence-corrected chi connectivity index (χ2v) is 6.73. The summed E-state index contributed by atoms with van der Waals surface area (Å²) in [6.07, 6.45) is 3.65. The molecule has 0 aliphatic carbocycles. The molecule has 1 fully saturated rings. The van der Waals surface area contributed by atoms with Gasteiger partial charge in [-0.15, -0.1) is 0 Å². The van der Waals surface area contributed by atoms with E-state index in [1.165, 1.54) is 6.21 Å². The van der Waals surface area contributed by atoms with Gasteiger partial charge >= 0.3 is 0 Å². The van der Waals surface area contributed by atoms with Crippen molar-refractivity contribution in [3.63, 3.8) is 0 Å². The van der Waals surface area contributed by atoms with Gasteiger partial charge in [0.25, 0.3) is 11.8 Å². The summed E-state index contributed by atoms with van der Waals surface area (Å²) < 4.78 is 16.0. The Bertz CT molecular complexity index is 877. The van der Waals surface area contributed by atoms with Crippen LogP contribution in [0.4, 0.5) is 0 Å². The van der Waals surface area contributed by atoms with E-state index >= 15 is 0 Å². The van der Waals surface area contributed by atoms with Gasteiger partial charge in [0.15, 0.2) is 6.61 Å². The van der Waals surface area contributed by atoms with Gasteiger partial charge in [-0.1, -0.05) is 6.07 Å². The summed E-state index contributed by atoms with van der Waals surface area (Å²) >= 11 is 0. The number of carbonyl (C=O) groups is 2. The van der Waals surface area contributed by atoms with Gasteiger partial charge in [0.1, 0.15) is 11.5 Å². The molecule has 2 amide bonds. The molecule has 158 valence electrons. The number of ether oxygens (including phenoxy) is 3. The molecular formula is C22H25N3O5. The first-order chi connectivity index (χ1) is 14.6. The molecule has 3 rings (SSSR count). The van der Waals surface area contributed by atoms with Gasteiger partial charge in [-0.3, -0.25) is 9.59 Å². The van der Waals surface area contributed by atoms with E-state index in [2.05, 4.69) is 15.8 Å². The molecule has 0 bridgehead atoms. The van der Waals surface area contributed by atoms with Gasteiger partial charge in [0, 0.05) is 18.7 Å². The lowest BCUT2D eigenvalue weighted by molar-refractivity contribution is -0.123. The van der Waals surface area contributed by atoms with E-state index in [1.807, 2.05) is 0 Å². The maximum absolute atomic E-state index is 12.1. The molecule has 8 nitrogen and oxygen atoms in total. The normalized spacial score (nSPS) is 15.7. The summed E-state index contributed by atoms with van der Waals surface area (Å²) in [5.74, 6) is 0.651. The maximum atomic E-state index is 12.1. The van der Waals surface area contributed by atoms with Crippen LogP contribution in [-0.4, -0.2) is 51.0 Å². The quantitative estimate of drug-likeness (QED) is 0.487. The summed E-state index contributed by atoms with van der Waals surface area (Å²) in [5, 5.41) is 6.76. The lowest BCUT2D eigenvalue weighted by Crippen LogP contribution is -2.35. The Hall–Kier alpha value is -3.39. The highest BCUT2D eigenvalue weighted by Crippen LogP contribution is 2.13. The molecule has 2 aromatic carbocycles. The van der Waals surface area contributed by atoms with Crippen molar-refractivity contribution in [3.8, 4) is 11.5 Å². The fraction of sp³-hybridized carbons (Fsp3) is 0.318. The number of nitrogens with one attached hydrogen (secondary N) is 2. The van der Waals surface area contributed by atoms with Crippen LogP contribution in [0.25, 0.3) is 0 Å². The zero-order valence-electron chi connectivity index (χ0n) is 16.8. The summed E-state index contributed by atoms with van der Waals surface area (Å²) in [5.41, 5.74) is 3.70. The van der Waals surface area contributed by atoms with Gasteiger partial charge in [-0.05, 0) is 60.9 Å². The van der Waals surface area contributed by atoms with Crippen molar-refractivity contribution in [3.05, 3.63) is 59.7 Å². The standard InChI is InChI=1S/C22H25N3O5/c1-28-19-5-2-4-17(12-19)22(27)25-24-13-16-7-9-18(10-8-16)30-15-21(26)23-14-20-6-3-11-29-20/h2,4-5,7-10,12-13,20H,3,6,11,14-15H2,1H3,(H,23,26)(H,25,27)/b24-13-/t20-/m1/s1. The number of methoxy groups -OCH3 is 1. The third-order valence-electron chi connectivity index (χ3n) is 4.51. The first-order valence-electron chi connectivity index (χ1n) is 9.72. The number of nitrogens with zero attached hydrogens (tertiary/aromatic N) is 1. The van der Waals surface area contributed by atoms with Crippen LogP contribution < -0.4 is 20.2 Å². The van der Waals surface area contributed by atoms with Crippen molar-refractivity contribution >= 4 is 18.0 Å². The van der Waals surface area contributed by atoms with Gasteiger partial charge in [-0.2, -0.15) is 5.10 Å². The molecule has 1 aliphatic rings. The van der Waals surface area contributed by atoms with Crippen LogP contribution in [0.5, 0.6) is 11.5 Å².